The zero-order valence-corrected chi connectivity index (χ0v) is 20.5. The number of halogens is 4. The molecule has 8 nitrogen and oxygen atoms in total. The lowest BCUT2D eigenvalue weighted by atomic mass is 10.2. The van der Waals surface area contributed by atoms with Gasteiger partial charge in [0.05, 0.1) is 13.2 Å². The molecular formula is C26H24F4N4O4. The zero-order chi connectivity index (χ0) is 27.2. The standard InChI is InChI=1S/C26H24F4N4O4/c1-3-36-21-10-5-15(11-22(21)37-4-2)14-38-17-8-6-16(7-9-17)31-26(35)19-13-23-32-18(24(27)28)12-20(25(29)30)34(23)33-19/h5-13,24-25H,3-4,14H2,1-2H3,(H,31,35). The van der Waals surface area contributed by atoms with Gasteiger partial charge in [-0.05, 0) is 61.9 Å². The molecule has 0 aliphatic carbocycles. The first-order valence-corrected chi connectivity index (χ1v) is 11.7. The molecule has 0 fully saturated rings. The van der Waals surface area contributed by atoms with Gasteiger partial charge in [-0.3, -0.25) is 4.79 Å². The molecule has 12 heteroatoms. The van der Waals surface area contributed by atoms with Crippen molar-refractivity contribution in [2.45, 2.75) is 33.3 Å². The van der Waals surface area contributed by atoms with Crippen LogP contribution < -0.4 is 19.5 Å². The Hall–Kier alpha value is -4.35. The van der Waals surface area contributed by atoms with Gasteiger partial charge in [-0.25, -0.2) is 27.1 Å². The number of nitrogens with one attached hydrogen (secondary N) is 1. The summed E-state index contributed by atoms with van der Waals surface area (Å²) in [6.07, 6.45) is -6.14. The Kier molecular flexibility index (Phi) is 8.29. The van der Waals surface area contributed by atoms with Crippen molar-refractivity contribution in [3.05, 3.63) is 77.2 Å². The quantitative estimate of drug-likeness (QED) is 0.230. The van der Waals surface area contributed by atoms with Crippen molar-refractivity contribution in [3.63, 3.8) is 0 Å². The number of carbonyl (C=O) groups is 1. The van der Waals surface area contributed by atoms with Gasteiger partial charge in [-0.2, -0.15) is 5.10 Å². The van der Waals surface area contributed by atoms with Crippen molar-refractivity contribution in [1.29, 1.82) is 0 Å². The van der Waals surface area contributed by atoms with Gasteiger partial charge < -0.3 is 19.5 Å². The Morgan fingerprint density at radius 1 is 0.895 bits per heavy atom. The Balaban J connectivity index is 1.42. The van der Waals surface area contributed by atoms with E-state index >= 15 is 0 Å². The van der Waals surface area contributed by atoms with Crippen LogP contribution in [0.3, 0.4) is 0 Å². The lowest BCUT2D eigenvalue weighted by Crippen LogP contribution is -2.13. The number of aromatic nitrogens is 3. The van der Waals surface area contributed by atoms with E-state index in [2.05, 4.69) is 15.4 Å². The summed E-state index contributed by atoms with van der Waals surface area (Å²) in [6, 6.07) is 13.6. The minimum atomic E-state index is -3.09. The van der Waals surface area contributed by atoms with E-state index in [0.717, 1.165) is 11.6 Å². The van der Waals surface area contributed by atoms with Crippen LogP contribution in [-0.4, -0.2) is 33.7 Å². The summed E-state index contributed by atoms with van der Waals surface area (Å²) in [5.41, 5.74) is -0.899. The molecule has 0 atom stereocenters. The first-order valence-electron chi connectivity index (χ1n) is 11.7. The van der Waals surface area contributed by atoms with Crippen LogP contribution in [0.5, 0.6) is 17.2 Å². The maximum atomic E-state index is 13.4. The number of anilines is 1. The van der Waals surface area contributed by atoms with Gasteiger partial charge in [0.1, 0.15) is 23.7 Å². The van der Waals surface area contributed by atoms with Gasteiger partial charge in [-0.15, -0.1) is 0 Å². The number of hydrogen-bond donors (Lipinski definition) is 1. The van der Waals surface area contributed by atoms with Crippen molar-refractivity contribution in [3.8, 4) is 17.2 Å². The second-order valence-corrected chi connectivity index (χ2v) is 7.92. The van der Waals surface area contributed by atoms with E-state index in [1.54, 1.807) is 24.3 Å². The predicted octanol–water partition coefficient (Wildman–Crippen LogP) is 6.23. The van der Waals surface area contributed by atoms with Gasteiger partial charge in [0.25, 0.3) is 18.8 Å². The molecule has 1 N–H and O–H groups in total. The lowest BCUT2D eigenvalue weighted by molar-refractivity contribution is 0.102. The van der Waals surface area contributed by atoms with E-state index < -0.39 is 30.1 Å². The van der Waals surface area contributed by atoms with Crippen molar-refractivity contribution < 1.29 is 36.6 Å². The molecule has 2 aromatic heterocycles. The second-order valence-electron chi connectivity index (χ2n) is 7.92. The maximum Gasteiger partial charge on any atom is 0.280 e. The number of fused-ring (bicyclic) bond motifs is 1. The average Bonchev–Trinajstić information content (AvgIpc) is 3.33. The fourth-order valence-electron chi connectivity index (χ4n) is 3.58. The van der Waals surface area contributed by atoms with Crippen molar-refractivity contribution in [1.82, 2.24) is 14.6 Å². The predicted molar refractivity (Wildman–Crippen MR) is 130 cm³/mol. The largest absolute Gasteiger partial charge is 0.490 e. The highest BCUT2D eigenvalue weighted by Gasteiger charge is 2.22. The zero-order valence-electron chi connectivity index (χ0n) is 20.5. The molecule has 0 aliphatic rings. The molecule has 2 heterocycles. The van der Waals surface area contributed by atoms with E-state index in [4.69, 9.17) is 14.2 Å². The number of hydrogen-bond acceptors (Lipinski definition) is 6. The summed E-state index contributed by atoms with van der Waals surface area (Å²) in [5.74, 6) is 1.09. The van der Waals surface area contributed by atoms with Gasteiger partial charge in [-0.1, -0.05) is 6.07 Å². The second kappa shape index (κ2) is 11.8. The molecule has 4 rings (SSSR count). The normalized spacial score (nSPS) is 11.3. The van der Waals surface area contributed by atoms with Crippen molar-refractivity contribution in [2.24, 2.45) is 0 Å². The Morgan fingerprint density at radius 3 is 2.26 bits per heavy atom. The number of alkyl halides is 4. The van der Waals surface area contributed by atoms with Crippen LogP contribution in [0.1, 0.15) is 54.1 Å². The molecule has 1 amide bonds. The van der Waals surface area contributed by atoms with Gasteiger partial charge in [0, 0.05) is 11.8 Å². The number of benzene rings is 2. The molecule has 0 bridgehead atoms. The molecule has 0 aliphatic heterocycles. The van der Waals surface area contributed by atoms with Crippen LogP contribution in [0.4, 0.5) is 23.2 Å². The van der Waals surface area contributed by atoms with Crippen LogP contribution in [0.25, 0.3) is 5.65 Å². The fourth-order valence-corrected chi connectivity index (χ4v) is 3.58. The molecule has 38 heavy (non-hydrogen) atoms. The summed E-state index contributed by atoms with van der Waals surface area (Å²) in [5, 5.41) is 6.40. The average molecular weight is 532 g/mol. The molecule has 0 saturated heterocycles. The molecule has 2 aromatic carbocycles. The Morgan fingerprint density at radius 2 is 1.61 bits per heavy atom. The van der Waals surface area contributed by atoms with Crippen LogP contribution in [0, 0.1) is 0 Å². The minimum Gasteiger partial charge on any atom is -0.490 e. The first-order chi connectivity index (χ1) is 18.3. The molecule has 4 aromatic rings. The maximum absolute atomic E-state index is 13.4. The number of nitrogens with zero attached hydrogens (tertiary/aromatic N) is 3. The monoisotopic (exact) mass is 532 g/mol. The van der Waals surface area contributed by atoms with E-state index in [1.165, 1.54) is 0 Å². The van der Waals surface area contributed by atoms with Crippen molar-refractivity contribution >= 4 is 17.2 Å². The summed E-state index contributed by atoms with van der Waals surface area (Å²) < 4.78 is 70.4. The molecule has 0 spiro atoms. The minimum absolute atomic E-state index is 0.258. The molecule has 0 radical (unpaired) electrons. The van der Waals surface area contributed by atoms with E-state index in [9.17, 15) is 22.4 Å². The highest BCUT2D eigenvalue weighted by atomic mass is 19.3. The summed E-state index contributed by atoms with van der Waals surface area (Å²) >= 11 is 0. The third-order valence-electron chi connectivity index (χ3n) is 5.28. The van der Waals surface area contributed by atoms with Crippen molar-refractivity contribution in [2.75, 3.05) is 18.5 Å². The van der Waals surface area contributed by atoms with Crippen LogP contribution in [-0.2, 0) is 6.61 Å². The first kappa shape index (κ1) is 26.7. The lowest BCUT2D eigenvalue weighted by Gasteiger charge is -2.13. The number of ether oxygens (including phenoxy) is 3. The third-order valence-corrected chi connectivity index (χ3v) is 5.28. The summed E-state index contributed by atoms with van der Waals surface area (Å²) in [4.78, 5) is 16.3. The van der Waals surface area contributed by atoms with Gasteiger partial charge >= 0.3 is 0 Å². The SMILES string of the molecule is CCOc1ccc(COc2ccc(NC(=O)c3cc4nc(C(F)F)cc(C(F)F)n4n3)cc2)cc1OCC. The highest BCUT2D eigenvalue weighted by Crippen LogP contribution is 2.29. The van der Waals surface area contributed by atoms with E-state index in [1.807, 2.05) is 32.0 Å². The van der Waals surface area contributed by atoms with Gasteiger partial charge in [0.2, 0.25) is 0 Å². The van der Waals surface area contributed by atoms with Gasteiger partial charge in [0.15, 0.2) is 22.8 Å². The molecule has 0 saturated carbocycles. The molecular weight excluding hydrogens is 508 g/mol. The number of carbonyl (C=O) groups excluding carboxylic acids is 1. The third kappa shape index (κ3) is 6.13. The van der Waals surface area contributed by atoms with Crippen LogP contribution >= 0.6 is 0 Å². The smallest absolute Gasteiger partial charge is 0.280 e. The topological polar surface area (TPSA) is 87.0 Å². The Labute approximate surface area is 215 Å². The summed E-state index contributed by atoms with van der Waals surface area (Å²) in [6.45, 7) is 5.05. The number of amides is 1. The van der Waals surface area contributed by atoms with E-state index in [-0.39, 0.29) is 17.9 Å². The van der Waals surface area contributed by atoms with E-state index in [0.29, 0.717) is 46.7 Å². The highest BCUT2D eigenvalue weighted by molar-refractivity contribution is 6.03. The number of rotatable bonds is 11. The molecule has 0 unspecified atom stereocenters. The fraction of sp³-hybridized carbons (Fsp3) is 0.269. The summed E-state index contributed by atoms with van der Waals surface area (Å²) in [7, 11) is 0. The molecule has 200 valence electrons. The van der Waals surface area contributed by atoms with Crippen LogP contribution in [0.2, 0.25) is 0 Å². The van der Waals surface area contributed by atoms with Crippen LogP contribution in [0.15, 0.2) is 54.6 Å². The Bertz CT molecular complexity index is 1410.